The Kier molecular flexibility index (Phi) is 4.40. The zero-order valence-corrected chi connectivity index (χ0v) is 12.2. The number of nitrogens with zero attached hydrogens (tertiary/aromatic N) is 2. The van der Waals surface area contributed by atoms with Crippen LogP contribution >= 0.6 is 11.8 Å². The van der Waals surface area contributed by atoms with Crippen molar-refractivity contribution in [3.63, 3.8) is 0 Å². The fourth-order valence-electron chi connectivity index (χ4n) is 2.34. The van der Waals surface area contributed by atoms with Gasteiger partial charge in [0.05, 0.1) is 12.6 Å². The number of aromatic amines is 1. The van der Waals surface area contributed by atoms with E-state index in [4.69, 9.17) is 4.74 Å². The predicted molar refractivity (Wildman–Crippen MR) is 77.8 cm³/mol. The molecular formula is C14H16FN3O2S. The van der Waals surface area contributed by atoms with Crippen LogP contribution in [0.5, 0.6) is 0 Å². The van der Waals surface area contributed by atoms with Crippen molar-refractivity contribution in [2.24, 2.45) is 0 Å². The Morgan fingerprint density at radius 1 is 1.52 bits per heavy atom. The third kappa shape index (κ3) is 3.54. The fraction of sp³-hybridized carbons (Fsp3) is 0.429. The first kappa shape index (κ1) is 14.3. The minimum absolute atomic E-state index is 0.0776. The lowest BCUT2D eigenvalue weighted by atomic mass is 10.2. The van der Waals surface area contributed by atoms with Gasteiger partial charge in [0.25, 0.3) is 0 Å². The first-order valence-electron chi connectivity index (χ1n) is 6.86. The topological polar surface area (TPSA) is 59.9 Å². The Morgan fingerprint density at radius 3 is 3.19 bits per heavy atom. The molecule has 1 aliphatic heterocycles. The van der Waals surface area contributed by atoms with Gasteiger partial charge in [-0.2, -0.15) is 0 Å². The standard InChI is InChI=1S/C14H16FN3O2S/c15-11-4-1-3-10(7-11)9-21-14-17-16-13(19)18(14)8-12-5-2-6-20-12/h1,3-4,7,12H,2,5-6,8-9H2,(H,16,19). The molecule has 21 heavy (non-hydrogen) atoms. The minimum Gasteiger partial charge on any atom is -0.376 e. The lowest BCUT2D eigenvalue weighted by Gasteiger charge is -2.10. The summed E-state index contributed by atoms with van der Waals surface area (Å²) in [7, 11) is 0. The molecule has 1 aliphatic rings. The van der Waals surface area contributed by atoms with Gasteiger partial charge in [-0.15, -0.1) is 5.10 Å². The van der Waals surface area contributed by atoms with Crippen LogP contribution in [0.1, 0.15) is 18.4 Å². The number of rotatable bonds is 5. The van der Waals surface area contributed by atoms with E-state index in [0.29, 0.717) is 17.5 Å². The second-order valence-electron chi connectivity index (χ2n) is 4.98. The van der Waals surface area contributed by atoms with Gasteiger partial charge in [-0.1, -0.05) is 23.9 Å². The summed E-state index contributed by atoms with van der Waals surface area (Å²) in [5.74, 6) is 0.306. The number of nitrogens with one attached hydrogen (secondary N) is 1. The van der Waals surface area contributed by atoms with Crippen LogP contribution in [0.15, 0.2) is 34.2 Å². The van der Waals surface area contributed by atoms with Crippen LogP contribution in [-0.2, 0) is 17.0 Å². The van der Waals surface area contributed by atoms with Crippen molar-refractivity contribution in [3.8, 4) is 0 Å². The van der Waals surface area contributed by atoms with Gasteiger partial charge in [0.15, 0.2) is 5.16 Å². The molecule has 2 heterocycles. The van der Waals surface area contributed by atoms with Crippen LogP contribution < -0.4 is 5.69 Å². The summed E-state index contributed by atoms with van der Waals surface area (Å²) in [4.78, 5) is 11.8. The first-order chi connectivity index (χ1) is 10.2. The lowest BCUT2D eigenvalue weighted by molar-refractivity contribution is 0.0941. The van der Waals surface area contributed by atoms with Gasteiger partial charge in [0.2, 0.25) is 0 Å². The molecule has 5 nitrogen and oxygen atoms in total. The minimum atomic E-state index is -0.258. The number of aromatic nitrogens is 3. The average Bonchev–Trinajstić information content (AvgIpc) is 3.09. The summed E-state index contributed by atoms with van der Waals surface area (Å²) in [6.45, 7) is 1.27. The Labute approximate surface area is 125 Å². The number of ether oxygens (including phenoxy) is 1. The Hall–Kier alpha value is -1.60. The van der Waals surface area contributed by atoms with Gasteiger partial charge in [-0.25, -0.2) is 14.3 Å². The highest BCUT2D eigenvalue weighted by Crippen LogP contribution is 2.21. The summed E-state index contributed by atoms with van der Waals surface area (Å²) < 4.78 is 20.3. The molecule has 2 aromatic rings. The Bertz CT molecular complexity index is 664. The molecular weight excluding hydrogens is 293 g/mol. The van der Waals surface area contributed by atoms with Crippen molar-refractivity contribution >= 4 is 11.8 Å². The summed E-state index contributed by atoms with van der Waals surface area (Å²) in [5.41, 5.74) is 0.631. The molecule has 3 rings (SSSR count). The molecule has 1 unspecified atom stereocenters. The highest BCUT2D eigenvalue weighted by Gasteiger charge is 2.19. The molecule has 1 aromatic heterocycles. The normalized spacial score (nSPS) is 18.2. The highest BCUT2D eigenvalue weighted by molar-refractivity contribution is 7.98. The molecule has 0 aliphatic carbocycles. The molecule has 1 saturated heterocycles. The number of H-pyrrole nitrogens is 1. The second kappa shape index (κ2) is 6.44. The quantitative estimate of drug-likeness (QED) is 0.860. The molecule has 0 spiro atoms. The molecule has 112 valence electrons. The van der Waals surface area contributed by atoms with Crippen molar-refractivity contribution in [2.45, 2.75) is 36.4 Å². The van der Waals surface area contributed by atoms with Crippen molar-refractivity contribution in [2.75, 3.05) is 6.61 Å². The summed E-state index contributed by atoms with van der Waals surface area (Å²) in [6, 6.07) is 6.43. The van der Waals surface area contributed by atoms with Gasteiger partial charge >= 0.3 is 5.69 Å². The lowest BCUT2D eigenvalue weighted by Crippen LogP contribution is -2.24. The molecule has 0 radical (unpaired) electrons. The van der Waals surface area contributed by atoms with E-state index in [9.17, 15) is 9.18 Å². The summed E-state index contributed by atoms with van der Waals surface area (Å²) in [5, 5.41) is 7.11. The van der Waals surface area contributed by atoms with Gasteiger partial charge in [0, 0.05) is 12.4 Å². The van der Waals surface area contributed by atoms with E-state index < -0.39 is 0 Å². The maximum Gasteiger partial charge on any atom is 0.344 e. The van der Waals surface area contributed by atoms with Crippen LogP contribution in [0, 0.1) is 5.82 Å². The summed E-state index contributed by atoms with van der Waals surface area (Å²) >= 11 is 1.41. The van der Waals surface area contributed by atoms with Crippen molar-refractivity contribution in [3.05, 3.63) is 46.1 Å². The van der Waals surface area contributed by atoms with E-state index in [1.54, 1.807) is 10.6 Å². The van der Waals surface area contributed by atoms with E-state index in [-0.39, 0.29) is 17.6 Å². The van der Waals surface area contributed by atoms with Gasteiger partial charge in [0.1, 0.15) is 5.82 Å². The number of hydrogen-bond acceptors (Lipinski definition) is 4. The van der Waals surface area contributed by atoms with Gasteiger partial charge in [-0.3, -0.25) is 4.57 Å². The monoisotopic (exact) mass is 309 g/mol. The van der Waals surface area contributed by atoms with E-state index in [2.05, 4.69) is 10.2 Å². The molecule has 1 fully saturated rings. The van der Waals surface area contributed by atoms with Crippen molar-refractivity contribution in [1.82, 2.24) is 14.8 Å². The molecule has 1 aromatic carbocycles. The molecule has 0 bridgehead atoms. The number of benzene rings is 1. The number of thioether (sulfide) groups is 1. The maximum absolute atomic E-state index is 13.1. The van der Waals surface area contributed by atoms with Gasteiger partial charge < -0.3 is 4.74 Å². The van der Waals surface area contributed by atoms with Crippen LogP contribution in [-0.4, -0.2) is 27.5 Å². The average molecular weight is 309 g/mol. The van der Waals surface area contributed by atoms with Crippen LogP contribution in [0.4, 0.5) is 4.39 Å². The SMILES string of the molecule is O=c1[nH]nc(SCc2cccc(F)c2)n1CC1CCCO1. The van der Waals surface area contributed by atoms with Crippen LogP contribution in [0.3, 0.4) is 0 Å². The van der Waals surface area contributed by atoms with E-state index in [0.717, 1.165) is 25.0 Å². The number of halogens is 1. The second-order valence-corrected chi connectivity index (χ2v) is 5.92. The fourth-order valence-corrected chi connectivity index (χ4v) is 3.24. The molecule has 0 amide bonds. The molecule has 0 saturated carbocycles. The zero-order chi connectivity index (χ0) is 14.7. The Morgan fingerprint density at radius 2 is 2.43 bits per heavy atom. The largest absolute Gasteiger partial charge is 0.376 e. The van der Waals surface area contributed by atoms with Crippen molar-refractivity contribution < 1.29 is 9.13 Å². The number of hydrogen-bond donors (Lipinski definition) is 1. The van der Waals surface area contributed by atoms with E-state index >= 15 is 0 Å². The molecule has 7 heteroatoms. The zero-order valence-electron chi connectivity index (χ0n) is 11.4. The smallest absolute Gasteiger partial charge is 0.344 e. The van der Waals surface area contributed by atoms with E-state index in [1.165, 1.54) is 23.9 Å². The first-order valence-corrected chi connectivity index (χ1v) is 7.85. The maximum atomic E-state index is 13.1. The Balaban J connectivity index is 1.69. The third-order valence-electron chi connectivity index (χ3n) is 3.39. The van der Waals surface area contributed by atoms with Gasteiger partial charge in [-0.05, 0) is 30.5 Å². The third-order valence-corrected chi connectivity index (χ3v) is 4.44. The predicted octanol–water partition coefficient (Wildman–Crippen LogP) is 2.18. The van der Waals surface area contributed by atoms with Crippen LogP contribution in [0.25, 0.3) is 0 Å². The molecule has 1 N–H and O–H groups in total. The molecule has 1 atom stereocenters. The summed E-state index contributed by atoms with van der Waals surface area (Å²) in [6.07, 6.45) is 2.07. The van der Waals surface area contributed by atoms with E-state index in [1.807, 2.05) is 6.07 Å². The van der Waals surface area contributed by atoms with Crippen LogP contribution in [0.2, 0.25) is 0 Å². The highest BCUT2D eigenvalue weighted by atomic mass is 32.2. The van der Waals surface area contributed by atoms with Crippen molar-refractivity contribution in [1.29, 1.82) is 0 Å².